The van der Waals surface area contributed by atoms with E-state index < -0.39 is 23.2 Å². The second kappa shape index (κ2) is 17.3. The summed E-state index contributed by atoms with van der Waals surface area (Å²) in [6, 6.07) is 14.4. The quantitative estimate of drug-likeness (QED) is 0.142. The van der Waals surface area contributed by atoms with Gasteiger partial charge in [-0.05, 0) is 101 Å². The Balaban J connectivity index is 0.854. The molecule has 0 bridgehead atoms. The second-order valence-corrected chi connectivity index (χ2v) is 19.4. The van der Waals surface area contributed by atoms with E-state index in [4.69, 9.17) is 10.5 Å². The number of piperazine rings is 1. The number of nitrogens with two attached hydrogens (primary N) is 1. The average Bonchev–Trinajstić information content (AvgIpc) is 3.81. The van der Waals surface area contributed by atoms with Crippen LogP contribution in [0.25, 0.3) is 10.9 Å². The van der Waals surface area contributed by atoms with E-state index in [9.17, 15) is 24.4 Å². The Bertz CT molecular complexity index is 2610. The van der Waals surface area contributed by atoms with Gasteiger partial charge < -0.3 is 40.8 Å². The SMILES string of the molecule is CCc1cc2c(cc1N1CCN(C(=O)CCCN3C[C@H](NC(=O)[C@H](CC#Cc4cccnc4N)NC(=O)OC(C)(C)C)C4(CC4)C3)CC1)C(C)(C)c1[nH]c3cc(C#N)ccc3c1C2=O. The number of nitrogens with one attached hydrogen (secondary N) is 3. The third kappa shape index (κ3) is 8.89. The number of H-pyrrole nitrogens is 1. The predicted octanol–water partition coefficient (Wildman–Crippen LogP) is 5.79. The highest BCUT2D eigenvalue weighted by molar-refractivity contribution is 6.20. The molecule has 0 unspecified atom stereocenters. The number of ketones is 1. The van der Waals surface area contributed by atoms with Crippen LogP contribution >= 0.6 is 0 Å². The standard InChI is InChI=1S/C50H59N9O5/c1-7-32-26-35-36(49(5,6)44-42(43(35)61)34-16-15-31(28-51)25-38(34)54-44)27-39(32)58-21-23-59(24-22-58)41(60)14-10-20-57-29-40(50(30-57)17-18-50)56-46(62)37(55-47(63)64-48(2,3)4)13-8-11-33-12-9-19-53-45(33)52/h9,12,15-16,19,25-27,37,40,54H,7,10,13-14,17-18,20-24,29-30H2,1-6H3,(H2,52,53)(H,55,63)(H,56,62)/t37-,40-/m0/s1. The van der Waals surface area contributed by atoms with Crippen molar-refractivity contribution in [2.45, 2.75) is 103 Å². The van der Waals surface area contributed by atoms with Crippen molar-refractivity contribution in [2.75, 3.05) is 56.4 Å². The van der Waals surface area contributed by atoms with Gasteiger partial charge in [0.2, 0.25) is 11.8 Å². The summed E-state index contributed by atoms with van der Waals surface area (Å²) in [4.78, 5) is 68.5. The zero-order valence-electron chi connectivity index (χ0n) is 37.8. The Morgan fingerprint density at radius 1 is 1.09 bits per heavy atom. The summed E-state index contributed by atoms with van der Waals surface area (Å²) >= 11 is 0. The molecule has 4 aromatic rings. The Morgan fingerprint density at radius 2 is 1.86 bits per heavy atom. The number of hydrogen-bond donors (Lipinski definition) is 4. The summed E-state index contributed by atoms with van der Waals surface area (Å²) in [5, 5.41) is 16.3. The fourth-order valence-electron chi connectivity index (χ4n) is 9.78. The highest BCUT2D eigenvalue weighted by Gasteiger charge is 2.55. The Kier molecular flexibility index (Phi) is 12.0. The molecule has 4 heterocycles. The Hall–Kier alpha value is -6.38. The molecule has 2 aliphatic heterocycles. The molecule has 2 saturated heterocycles. The minimum Gasteiger partial charge on any atom is -0.444 e. The minimum absolute atomic E-state index is 0.00465. The summed E-state index contributed by atoms with van der Waals surface area (Å²) in [5.74, 6) is 6.10. The smallest absolute Gasteiger partial charge is 0.408 e. The van der Waals surface area contributed by atoms with E-state index >= 15 is 0 Å². The lowest BCUT2D eigenvalue weighted by atomic mass is 9.70. The number of carbonyl (C=O) groups is 4. The van der Waals surface area contributed by atoms with Crippen LogP contribution in [0.2, 0.25) is 0 Å². The molecule has 3 amide bonds. The van der Waals surface area contributed by atoms with Crippen molar-refractivity contribution < 1.29 is 23.9 Å². The maximum Gasteiger partial charge on any atom is 0.408 e. The summed E-state index contributed by atoms with van der Waals surface area (Å²) in [6.45, 7) is 16.6. The fraction of sp³-hybridized carbons (Fsp3) is 0.480. The third-order valence-corrected chi connectivity index (χ3v) is 13.4. The van der Waals surface area contributed by atoms with Gasteiger partial charge >= 0.3 is 6.09 Å². The van der Waals surface area contributed by atoms with Crippen molar-refractivity contribution in [3.05, 3.63) is 87.7 Å². The van der Waals surface area contributed by atoms with Gasteiger partial charge in [0.15, 0.2) is 5.78 Å². The number of carbonyl (C=O) groups excluding carboxylic acids is 4. The van der Waals surface area contributed by atoms with E-state index in [0.29, 0.717) is 68.1 Å². The average molecular weight is 866 g/mol. The number of aryl methyl sites for hydroxylation is 1. The number of anilines is 2. The number of amides is 3. The van der Waals surface area contributed by atoms with Crippen LogP contribution in [0.1, 0.15) is 118 Å². The number of pyridine rings is 1. The number of fused-ring (bicyclic) bond motifs is 4. The molecular weight excluding hydrogens is 807 g/mol. The number of nitriles is 1. The Labute approximate surface area is 375 Å². The van der Waals surface area contributed by atoms with Crippen LogP contribution < -0.4 is 21.3 Å². The van der Waals surface area contributed by atoms with Gasteiger partial charge in [0.25, 0.3) is 0 Å². The monoisotopic (exact) mass is 865 g/mol. The van der Waals surface area contributed by atoms with E-state index in [1.165, 1.54) is 0 Å². The van der Waals surface area contributed by atoms with Gasteiger partial charge in [-0.3, -0.25) is 14.4 Å². The van der Waals surface area contributed by atoms with Gasteiger partial charge in [-0.25, -0.2) is 9.78 Å². The molecule has 1 saturated carbocycles. The molecule has 4 aliphatic rings. The molecule has 2 atom stereocenters. The van der Waals surface area contributed by atoms with Gasteiger partial charge in [0, 0.05) is 103 Å². The first-order valence-corrected chi connectivity index (χ1v) is 22.5. The van der Waals surface area contributed by atoms with Crippen LogP contribution in [-0.4, -0.2) is 107 Å². The van der Waals surface area contributed by atoms with Crippen LogP contribution in [0.15, 0.2) is 48.7 Å². The summed E-state index contributed by atoms with van der Waals surface area (Å²) in [6.07, 6.45) is 4.90. The molecule has 3 fully saturated rings. The van der Waals surface area contributed by atoms with Gasteiger partial charge in [-0.1, -0.05) is 38.7 Å². The van der Waals surface area contributed by atoms with Gasteiger partial charge in [0.05, 0.1) is 22.8 Å². The second-order valence-electron chi connectivity index (χ2n) is 19.4. The highest BCUT2D eigenvalue weighted by Crippen LogP contribution is 2.53. The topological polar surface area (TPSA) is 190 Å². The largest absolute Gasteiger partial charge is 0.444 e. The number of hydrogen-bond acceptors (Lipinski definition) is 10. The first kappa shape index (κ1) is 44.2. The molecule has 2 aromatic heterocycles. The molecule has 1 spiro atoms. The van der Waals surface area contributed by atoms with E-state index in [-0.39, 0.29) is 35.5 Å². The molecule has 2 aliphatic carbocycles. The highest BCUT2D eigenvalue weighted by atomic mass is 16.6. The molecule has 64 heavy (non-hydrogen) atoms. The van der Waals surface area contributed by atoms with Crippen molar-refractivity contribution in [3.8, 4) is 17.9 Å². The zero-order chi connectivity index (χ0) is 45.6. The molecule has 8 rings (SSSR count). The normalized spacial score (nSPS) is 19.0. The van der Waals surface area contributed by atoms with Crippen molar-refractivity contribution >= 4 is 46.1 Å². The maximum absolute atomic E-state index is 14.1. The molecule has 14 nitrogen and oxygen atoms in total. The van der Waals surface area contributed by atoms with Gasteiger partial charge in [-0.2, -0.15) is 5.26 Å². The molecule has 14 heteroatoms. The summed E-state index contributed by atoms with van der Waals surface area (Å²) < 4.78 is 5.47. The van der Waals surface area contributed by atoms with Crippen molar-refractivity contribution in [1.82, 2.24) is 30.4 Å². The maximum atomic E-state index is 14.1. The zero-order valence-corrected chi connectivity index (χ0v) is 37.8. The predicted molar refractivity (Wildman–Crippen MR) is 246 cm³/mol. The summed E-state index contributed by atoms with van der Waals surface area (Å²) in [7, 11) is 0. The van der Waals surface area contributed by atoms with E-state index in [2.05, 4.69) is 81.2 Å². The van der Waals surface area contributed by atoms with Crippen LogP contribution in [-0.2, 0) is 26.2 Å². The van der Waals surface area contributed by atoms with Crippen molar-refractivity contribution in [3.63, 3.8) is 0 Å². The molecule has 334 valence electrons. The molecule has 0 radical (unpaired) electrons. The number of nitrogens with zero attached hydrogens (tertiary/aromatic N) is 5. The van der Waals surface area contributed by atoms with E-state index in [1.54, 1.807) is 45.2 Å². The van der Waals surface area contributed by atoms with Crippen LogP contribution in [0.3, 0.4) is 0 Å². The lowest BCUT2D eigenvalue weighted by Crippen LogP contribution is -2.52. The van der Waals surface area contributed by atoms with Crippen molar-refractivity contribution in [1.29, 1.82) is 5.26 Å². The van der Waals surface area contributed by atoms with E-state index in [1.807, 2.05) is 17.0 Å². The first-order valence-electron chi connectivity index (χ1n) is 22.5. The molecule has 2 aromatic carbocycles. The van der Waals surface area contributed by atoms with Gasteiger partial charge in [0.1, 0.15) is 17.5 Å². The fourth-order valence-corrected chi connectivity index (χ4v) is 9.78. The lowest BCUT2D eigenvalue weighted by Gasteiger charge is -2.39. The van der Waals surface area contributed by atoms with Crippen LogP contribution in [0, 0.1) is 28.6 Å². The van der Waals surface area contributed by atoms with Crippen LogP contribution in [0.4, 0.5) is 16.3 Å². The number of alkyl carbamates (subject to hydrolysis) is 1. The lowest BCUT2D eigenvalue weighted by molar-refractivity contribution is -0.131. The van der Waals surface area contributed by atoms with Crippen LogP contribution in [0.5, 0.6) is 0 Å². The molecule has 5 N–H and O–H groups in total. The van der Waals surface area contributed by atoms with Gasteiger partial charge in [-0.15, -0.1) is 0 Å². The summed E-state index contributed by atoms with van der Waals surface area (Å²) in [5.41, 5.74) is 12.1. The minimum atomic E-state index is -0.936. The third-order valence-electron chi connectivity index (χ3n) is 13.4. The van der Waals surface area contributed by atoms with E-state index in [0.717, 1.165) is 71.3 Å². The Morgan fingerprint density at radius 3 is 2.55 bits per heavy atom. The number of benzene rings is 2. The first-order chi connectivity index (χ1) is 30.5. The number of likely N-dealkylation sites (tertiary alicyclic amines) is 1. The number of ether oxygens (including phenoxy) is 1. The van der Waals surface area contributed by atoms with Crippen molar-refractivity contribution in [2.24, 2.45) is 5.41 Å². The number of rotatable bonds is 10. The number of nitrogen functional groups attached to an aromatic ring is 1. The number of aromatic nitrogens is 2. The molecular formula is C50H59N9O5. The number of aromatic amines is 1.